The Morgan fingerprint density at radius 1 is 1.41 bits per heavy atom. The normalized spacial score (nSPS) is 18.5. The Morgan fingerprint density at radius 2 is 2.18 bits per heavy atom. The molecule has 1 aliphatic carbocycles. The largest absolute Gasteiger partial charge is 0.452 e. The maximum atomic E-state index is 12.1. The van der Waals surface area contributed by atoms with E-state index < -0.39 is 17.9 Å². The average Bonchev–Trinajstić information content (AvgIpc) is 2.96. The maximum absolute atomic E-state index is 12.1. The topological polar surface area (TPSA) is 98.5 Å². The van der Waals surface area contributed by atoms with Crippen molar-refractivity contribution in [3.05, 3.63) is 29.2 Å². The monoisotopic (exact) mass is 322 g/mol. The number of allylic oxidation sites excluding steroid dienone is 2. The summed E-state index contributed by atoms with van der Waals surface area (Å²) in [6.45, 7) is 1.50. The Labute approximate surface area is 132 Å². The standard InChI is InChI=1S/C15H18N2O4S/c1-9(21-15(20)10-5-3-2-4-6-10)13(19)17-14-11(12(16)18)7-8-22-14/h2-3,7-10H,4-6H2,1H3,(H2,16,18)(H,17,19)/t9-,10-/m0/s1. The van der Waals surface area contributed by atoms with E-state index in [9.17, 15) is 14.4 Å². The zero-order valence-corrected chi connectivity index (χ0v) is 13.0. The number of rotatable bonds is 5. The molecule has 7 heteroatoms. The van der Waals surface area contributed by atoms with Gasteiger partial charge in [0.15, 0.2) is 6.10 Å². The lowest BCUT2D eigenvalue weighted by Gasteiger charge is -2.19. The molecule has 1 aromatic heterocycles. The van der Waals surface area contributed by atoms with Gasteiger partial charge in [-0.3, -0.25) is 14.4 Å². The minimum atomic E-state index is -0.929. The summed E-state index contributed by atoms with van der Waals surface area (Å²) in [4.78, 5) is 35.2. The molecule has 2 atom stereocenters. The molecule has 2 rings (SSSR count). The second kappa shape index (κ2) is 7.22. The summed E-state index contributed by atoms with van der Waals surface area (Å²) in [5.41, 5.74) is 5.46. The van der Waals surface area contributed by atoms with E-state index in [2.05, 4.69) is 5.32 Å². The van der Waals surface area contributed by atoms with Gasteiger partial charge in [0.1, 0.15) is 5.00 Å². The average molecular weight is 322 g/mol. The van der Waals surface area contributed by atoms with E-state index in [4.69, 9.17) is 10.5 Å². The van der Waals surface area contributed by atoms with E-state index in [0.717, 1.165) is 12.8 Å². The van der Waals surface area contributed by atoms with Crippen molar-refractivity contribution in [2.75, 3.05) is 5.32 Å². The van der Waals surface area contributed by atoms with Gasteiger partial charge in [0.25, 0.3) is 11.8 Å². The Balaban J connectivity index is 1.91. The van der Waals surface area contributed by atoms with E-state index in [-0.39, 0.29) is 17.5 Å². The predicted octanol–water partition coefficient (Wildman–Crippen LogP) is 2.07. The second-order valence-corrected chi connectivity index (χ2v) is 5.99. The molecule has 3 N–H and O–H groups in total. The van der Waals surface area contributed by atoms with E-state index in [1.807, 2.05) is 12.2 Å². The van der Waals surface area contributed by atoms with Crippen molar-refractivity contribution in [2.45, 2.75) is 32.3 Å². The Bertz CT molecular complexity index is 608. The molecule has 0 aromatic carbocycles. The van der Waals surface area contributed by atoms with Gasteiger partial charge < -0.3 is 15.8 Å². The van der Waals surface area contributed by atoms with Crippen LogP contribution in [0.3, 0.4) is 0 Å². The van der Waals surface area contributed by atoms with Crippen LogP contribution < -0.4 is 11.1 Å². The highest BCUT2D eigenvalue weighted by atomic mass is 32.1. The molecule has 0 fully saturated rings. The van der Waals surface area contributed by atoms with Crippen LogP contribution in [0.1, 0.15) is 36.5 Å². The number of anilines is 1. The van der Waals surface area contributed by atoms with Crippen LogP contribution in [-0.4, -0.2) is 23.9 Å². The molecule has 118 valence electrons. The summed E-state index contributed by atoms with van der Waals surface area (Å²) in [6.07, 6.45) is 5.27. The Hall–Kier alpha value is -2.15. The van der Waals surface area contributed by atoms with Crippen LogP contribution in [0.2, 0.25) is 0 Å². The van der Waals surface area contributed by atoms with Crippen molar-refractivity contribution >= 4 is 34.1 Å². The number of primary amides is 1. The van der Waals surface area contributed by atoms with Gasteiger partial charge >= 0.3 is 5.97 Å². The van der Waals surface area contributed by atoms with Crippen molar-refractivity contribution in [1.82, 2.24) is 0 Å². The quantitative estimate of drug-likeness (QED) is 0.640. The highest BCUT2D eigenvalue weighted by Crippen LogP contribution is 2.24. The Morgan fingerprint density at radius 3 is 2.82 bits per heavy atom. The molecule has 0 radical (unpaired) electrons. The predicted molar refractivity (Wildman–Crippen MR) is 83.5 cm³/mol. The number of thiophene rings is 1. The number of esters is 1. The number of carbonyl (C=O) groups is 3. The van der Waals surface area contributed by atoms with Gasteiger partial charge in [-0.05, 0) is 37.6 Å². The third-order valence-electron chi connectivity index (χ3n) is 3.43. The number of hydrogen-bond donors (Lipinski definition) is 2. The highest BCUT2D eigenvalue weighted by Gasteiger charge is 2.25. The van der Waals surface area contributed by atoms with Crippen LogP contribution in [0.5, 0.6) is 0 Å². The van der Waals surface area contributed by atoms with Gasteiger partial charge in [-0.25, -0.2) is 0 Å². The van der Waals surface area contributed by atoms with Crippen molar-refractivity contribution in [3.8, 4) is 0 Å². The van der Waals surface area contributed by atoms with Crippen molar-refractivity contribution < 1.29 is 19.1 Å². The minimum absolute atomic E-state index is 0.192. The van der Waals surface area contributed by atoms with E-state index in [0.29, 0.717) is 11.4 Å². The molecule has 0 aliphatic heterocycles. The summed E-state index contributed by atoms with van der Waals surface area (Å²) in [5, 5.41) is 4.58. The zero-order valence-electron chi connectivity index (χ0n) is 12.2. The molecular formula is C15H18N2O4S. The van der Waals surface area contributed by atoms with Gasteiger partial charge in [-0.15, -0.1) is 11.3 Å². The molecule has 0 unspecified atom stereocenters. The number of amides is 2. The minimum Gasteiger partial charge on any atom is -0.452 e. The van der Waals surface area contributed by atoms with Gasteiger partial charge in [-0.1, -0.05) is 12.2 Å². The lowest BCUT2D eigenvalue weighted by atomic mass is 9.95. The molecule has 1 aliphatic rings. The first kappa shape index (κ1) is 16.2. The zero-order chi connectivity index (χ0) is 16.1. The molecule has 22 heavy (non-hydrogen) atoms. The third kappa shape index (κ3) is 3.94. The molecule has 0 spiro atoms. The lowest BCUT2D eigenvalue weighted by molar-refractivity contribution is -0.157. The van der Waals surface area contributed by atoms with Crippen LogP contribution in [0, 0.1) is 5.92 Å². The summed E-state index contributed by atoms with van der Waals surface area (Å²) in [5.74, 6) is -1.66. The summed E-state index contributed by atoms with van der Waals surface area (Å²) < 4.78 is 5.20. The van der Waals surface area contributed by atoms with Crippen LogP contribution in [0.4, 0.5) is 5.00 Å². The number of ether oxygens (including phenoxy) is 1. The first-order valence-corrected chi connectivity index (χ1v) is 7.90. The number of nitrogens with one attached hydrogen (secondary N) is 1. The van der Waals surface area contributed by atoms with Gasteiger partial charge in [0, 0.05) is 0 Å². The molecule has 0 bridgehead atoms. The summed E-state index contributed by atoms with van der Waals surface area (Å²) in [6, 6.07) is 1.54. The SMILES string of the molecule is C[C@H](OC(=O)[C@H]1CC=CCC1)C(=O)Nc1sccc1C(N)=O. The summed E-state index contributed by atoms with van der Waals surface area (Å²) in [7, 11) is 0. The molecule has 0 saturated carbocycles. The molecule has 1 heterocycles. The maximum Gasteiger partial charge on any atom is 0.310 e. The molecular weight excluding hydrogens is 304 g/mol. The smallest absolute Gasteiger partial charge is 0.310 e. The molecule has 1 aromatic rings. The molecule has 2 amide bonds. The van der Waals surface area contributed by atoms with Crippen LogP contribution in [0.25, 0.3) is 0 Å². The number of hydrogen-bond acceptors (Lipinski definition) is 5. The second-order valence-electron chi connectivity index (χ2n) is 5.08. The van der Waals surface area contributed by atoms with Crippen molar-refractivity contribution in [1.29, 1.82) is 0 Å². The molecule has 6 nitrogen and oxygen atoms in total. The first-order valence-electron chi connectivity index (χ1n) is 7.02. The van der Waals surface area contributed by atoms with E-state index >= 15 is 0 Å². The number of carbonyl (C=O) groups excluding carboxylic acids is 3. The fraction of sp³-hybridized carbons (Fsp3) is 0.400. The number of nitrogens with two attached hydrogens (primary N) is 1. The van der Waals surface area contributed by atoms with Crippen LogP contribution in [-0.2, 0) is 14.3 Å². The third-order valence-corrected chi connectivity index (χ3v) is 4.26. The Kier molecular flexibility index (Phi) is 5.32. The fourth-order valence-corrected chi connectivity index (χ4v) is 2.94. The fourth-order valence-electron chi connectivity index (χ4n) is 2.15. The van der Waals surface area contributed by atoms with Crippen LogP contribution in [0.15, 0.2) is 23.6 Å². The lowest BCUT2D eigenvalue weighted by Crippen LogP contribution is -2.32. The van der Waals surface area contributed by atoms with Gasteiger partial charge in [-0.2, -0.15) is 0 Å². The summed E-state index contributed by atoms with van der Waals surface area (Å²) >= 11 is 1.19. The van der Waals surface area contributed by atoms with Crippen molar-refractivity contribution in [3.63, 3.8) is 0 Å². The first-order chi connectivity index (χ1) is 10.5. The van der Waals surface area contributed by atoms with Crippen LogP contribution >= 0.6 is 11.3 Å². The van der Waals surface area contributed by atoms with Gasteiger partial charge in [0.05, 0.1) is 11.5 Å². The molecule has 0 saturated heterocycles. The highest BCUT2D eigenvalue weighted by molar-refractivity contribution is 7.14. The van der Waals surface area contributed by atoms with Gasteiger partial charge in [0.2, 0.25) is 0 Å². The van der Waals surface area contributed by atoms with E-state index in [1.54, 1.807) is 5.38 Å². The van der Waals surface area contributed by atoms with Crippen molar-refractivity contribution in [2.24, 2.45) is 11.7 Å². The van der Waals surface area contributed by atoms with E-state index in [1.165, 1.54) is 24.3 Å².